The van der Waals surface area contributed by atoms with Crippen LogP contribution in [-0.2, 0) is 0 Å². The van der Waals surface area contributed by atoms with Crippen molar-refractivity contribution in [2.75, 3.05) is 4.90 Å². The molecule has 5 nitrogen and oxygen atoms in total. The summed E-state index contributed by atoms with van der Waals surface area (Å²) < 4.78 is 4.85. The lowest BCUT2D eigenvalue weighted by Crippen LogP contribution is -2.14. The highest BCUT2D eigenvalue weighted by Gasteiger charge is 2.21. The summed E-state index contributed by atoms with van der Waals surface area (Å²) in [6, 6.07) is 73.3. The molecule has 0 bridgehead atoms. The van der Waals surface area contributed by atoms with E-state index in [0.717, 1.165) is 78.2 Å². The third-order valence-electron chi connectivity index (χ3n) is 12.6. The van der Waals surface area contributed by atoms with E-state index in [0.29, 0.717) is 5.82 Å². The van der Waals surface area contributed by atoms with Gasteiger partial charge in [0, 0.05) is 66.4 Å². The Morgan fingerprint density at radius 2 is 1.05 bits per heavy atom. The molecule has 4 heterocycles. The van der Waals surface area contributed by atoms with E-state index in [2.05, 4.69) is 215 Å². The Morgan fingerprint density at radius 3 is 1.74 bits per heavy atom. The van der Waals surface area contributed by atoms with Crippen molar-refractivity contribution < 1.29 is 0 Å². The van der Waals surface area contributed by atoms with Crippen LogP contribution in [0.2, 0.25) is 0 Å². The minimum atomic E-state index is 0.665. The molecule has 0 saturated heterocycles. The molecule has 12 aromatic rings. The second-order valence-electron chi connectivity index (χ2n) is 16.3. The van der Waals surface area contributed by atoms with Crippen LogP contribution in [0.15, 0.2) is 243 Å². The second kappa shape index (κ2) is 15.5. The highest BCUT2D eigenvalue weighted by molar-refractivity contribution is 6.19. The number of anilines is 2. The summed E-state index contributed by atoms with van der Waals surface area (Å²) in [5.74, 6) is 0.665. The minimum Gasteiger partial charge on any atom is -0.311 e. The first kappa shape index (κ1) is 37.9. The van der Waals surface area contributed by atoms with Crippen LogP contribution in [0.4, 0.5) is 11.4 Å². The zero-order valence-corrected chi connectivity index (χ0v) is 35.5. The van der Waals surface area contributed by atoms with Gasteiger partial charge in [-0.15, -0.1) is 0 Å². The van der Waals surface area contributed by atoms with E-state index in [1.165, 1.54) is 32.6 Å². The normalized spacial score (nSPS) is 11.9. The molecule has 4 aromatic heterocycles. The largest absolute Gasteiger partial charge is 0.311 e. The molecule has 65 heavy (non-hydrogen) atoms. The van der Waals surface area contributed by atoms with E-state index in [1.807, 2.05) is 36.4 Å². The lowest BCUT2D eigenvalue weighted by Gasteiger charge is -2.26. The maximum Gasteiger partial charge on any atom is 0.160 e. The summed E-state index contributed by atoms with van der Waals surface area (Å²) in [4.78, 5) is 12.7. The van der Waals surface area contributed by atoms with Crippen LogP contribution in [0.5, 0.6) is 0 Å². The van der Waals surface area contributed by atoms with Crippen molar-refractivity contribution >= 4 is 71.3 Å². The third kappa shape index (κ3) is 6.32. The van der Waals surface area contributed by atoms with Crippen LogP contribution in [0, 0.1) is 0 Å². The predicted molar refractivity (Wildman–Crippen MR) is 273 cm³/mol. The lowest BCUT2D eigenvalue weighted by molar-refractivity contribution is 1.16. The summed E-state index contributed by atoms with van der Waals surface area (Å²) in [7, 11) is 0. The van der Waals surface area contributed by atoms with Gasteiger partial charge in [0.05, 0.1) is 39.0 Å². The molecule has 0 N–H and O–H groups in total. The number of benzene rings is 8. The Bertz CT molecular complexity index is 3800. The van der Waals surface area contributed by atoms with Gasteiger partial charge in [-0.05, 0) is 90.3 Å². The van der Waals surface area contributed by atoms with Crippen molar-refractivity contribution in [1.82, 2.24) is 18.9 Å². The Kier molecular flexibility index (Phi) is 9.06. The van der Waals surface area contributed by atoms with Crippen molar-refractivity contribution in [3.8, 4) is 39.6 Å². The number of rotatable bonds is 9. The molecule has 0 fully saturated rings. The SMILES string of the molecule is C=C/C=C(\C=C)N(c1ccccc1)c1ccc2c(c1)c1cc3cc4c5ccccc5c5ccccc5n4c3cc1n2-c1cccc(-c2nc(-c3ccccc3)cc(-c3ccccc3)n2)c1. The molecule has 12 rings (SSSR count). The Balaban J connectivity index is 1.14. The molecule has 0 amide bonds. The van der Waals surface area contributed by atoms with Crippen LogP contribution in [0.3, 0.4) is 0 Å². The van der Waals surface area contributed by atoms with Gasteiger partial charge < -0.3 is 13.9 Å². The molecule has 5 heteroatoms. The van der Waals surface area contributed by atoms with Crippen molar-refractivity contribution in [3.05, 3.63) is 243 Å². The number of para-hydroxylation sites is 2. The maximum absolute atomic E-state index is 5.22. The van der Waals surface area contributed by atoms with Gasteiger partial charge in [0.2, 0.25) is 0 Å². The highest BCUT2D eigenvalue weighted by atomic mass is 15.1. The molecule has 0 aliphatic rings. The number of hydrogen-bond acceptors (Lipinski definition) is 3. The van der Waals surface area contributed by atoms with Crippen LogP contribution >= 0.6 is 0 Å². The highest BCUT2D eigenvalue weighted by Crippen LogP contribution is 2.42. The Hall–Kier alpha value is -8.80. The van der Waals surface area contributed by atoms with Crippen LogP contribution < -0.4 is 4.90 Å². The first-order chi connectivity index (χ1) is 32.1. The van der Waals surface area contributed by atoms with Gasteiger partial charge in [-0.2, -0.15) is 0 Å². The van der Waals surface area contributed by atoms with Gasteiger partial charge in [0.15, 0.2) is 5.82 Å². The molecular weight excluding hydrogens is 791 g/mol. The average molecular weight is 832 g/mol. The smallest absolute Gasteiger partial charge is 0.160 e. The molecule has 0 spiro atoms. The topological polar surface area (TPSA) is 38.4 Å². The first-order valence-corrected chi connectivity index (χ1v) is 21.9. The molecule has 0 radical (unpaired) electrons. The van der Waals surface area contributed by atoms with Crippen molar-refractivity contribution in [2.45, 2.75) is 0 Å². The van der Waals surface area contributed by atoms with E-state index in [-0.39, 0.29) is 0 Å². The number of allylic oxidation sites excluding steroid dienone is 3. The number of aromatic nitrogens is 4. The van der Waals surface area contributed by atoms with Crippen LogP contribution in [-0.4, -0.2) is 18.9 Å². The van der Waals surface area contributed by atoms with E-state index in [4.69, 9.17) is 9.97 Å². The van der Waals surface area contributed by atoms with E-state index in [9.17, 15) is 0 Å². The fourth-order valence-electron chi connectivity index (χ4n) is 9.68. The fourth-order valence-corrected chi connectivity index (χ4v) is 9.68. The van der Waals surface area contributed by atoms with Gasteiger partial charge in [0.1, 0.15) is 0 Å². The Morgan fingerprint density at radius 1 is 0.431 bits per heavy atom. The summed E-state index contributed by atoms with van der Waals surface area (Å²) >= 11 is 0. The van der Waals surface area contributed by atoms with Gasteiger partial charge >= 0.3 is 0 Å². The minimum absolute atomic E-state index is 0.665. The zero-order chi connectivity index (χ0) is 43.4. The van der Waals surface area contributed by atoms with Crippen LogP contribution in [0.1, 0.15) is 0 Å². The maximum atomic E-state index is 5.22. The standard InChI is InChI=1S/C60H41N5/c1-3-19-44(4-2)63(45-25-12-7-13-26-45)47-32-33-56-52(37-47)51-35-43-36-58-50-30-15-14-28-48(50)49-29-16-17-31-55(49)65(58)57(43)39-59(51)64(56)46-27-18-24-42(34-46)60-61-53(40-20-8-5-9-21-40)38-54(62-60)41-22-10-6-11-23-41/h3-39H,1-2H2/b44-19+. The second-order valence-corrected chi connectivity index (χ2v) is 16.3. The molecule has 306 valence electrons. The Labute approximate surface area is 376 Å². The van der Waals surface area contributed by atoms with Crippen molar-refractivity contribution in [1.29, 1.82) is 0 Å². The zero-order valence-electron chi connectivity index (χ0n) is 35.5. The summed E-state index contributed by atoms with van der Waals surface area (Å²) in [5, 5.41) is 7.16. The average Bonchev–Trinajstić information content (AvgIpc) is 3.91. The molecule has 8 aromatic carbocycles. The van der Waals surface area contributed by atoms with Crippen molar-refractivity contribution in [2.24, 2.45) is 0 Å². The molecule has 0 unspecified atom stereocenters. The van der Waals surface area contributed by atoms with E-state index in [1.54, 1.807) is 0 Å². The summed E-state index contributed by atoms with van der Waals surface area (Å²) in [6.45, 7) is 8.24. The number of pyridine rings is 1. The third-order valence-corrected chi connectivity index (χ3v) is 12.6. The quantitative estimate of drug-likeness (QED) is 0.107. The molecule has 0 saturated carbocycles. The predicted octanol–water partition coefficient (Wildman–Crippen LogP) is 15.7. The van der Waals surface area contributed by atoms with Gasteiger partial charge in [-0.25, -0.2) is 9.97 Å². The first-order valence-electron chi connectivity index (χ1n) is 21.9. The molecule has 0 aliphatic heterocycles. The van der Waals surface area contributed by atoms with E-state index < -0.39 is 0 Å². The van der Waals surface area contributed by atoms with E-state index >= 15 is 0 Å². The molecule has 0 aliphatic carbocycles. The number of fused-ring (bicyclic) bond motifs is 11. The van der Waals surface area contributed by atoms with Crippen molar-refractivity contribution in [3.63, 3.8) is 0 Å². The van der Waals surface area contributed by atoms with Gasteiger partial charge in [-0.1, -0.05) is 153 Å². The summed E-state index contributed by atoms with van der Waals surface area (Å²) in [6.07, 6.45) is 5.70. The molecular formula is C60H41N5. The monoisotopic (exact) mass is 831 g/mol. The number of hydrogen-bond donors (Lipinski definition) is 0. The molecule has 0 atom stereocenters. The number of nitrogens with zero attached hydrogens (tertiary/aromatic N) is 5. The lowest BCUT2D eigenvalue weighted by atomic mass is 10.1. The van der Waals surface area contributed by atoms with Gasteiger partial charge in [-0.3, -0.25) is 0 Å². The van der Waals surface area contributed by atoms with Gasteiger partial charge in [0.25, 0.3) is 0 Å². The van der Waals surface area contributed by atoms with Crippen LogP contribution in [0.25, 0.3) is 99.5 Å². The fraction of sp³-hybridized carbons (Fsp3) is 0. The summed E-state index contributed by atoms with van der Waals surface area (Å²) in [5.41, 5.74) is 14.4.